The minimum Gasteiger partial charge on any atom is -0.378 e. The van der Waals surface area contributed by atoms with Crippen molar-refractivity contribution in [2.45, 2.75) is 26.9 Å². The molecule has 0 aromatic carbocycles. The first-order valence-electron chi connectivity index (χ1n) is 6.75. The topological polar surface area (TPSA) is 70.2 Å². The number of anilines is 1. The van der Waals surface area contributed by atoms with E-state index in [1.54, 1.807) is 7.11 Å². The monoisotopic (exact) mass is 268 g/mol. The normalized spacial score (nSPS) is 10.9. The van der Waals surface area contributed by atoms with Gasteiger partial charge in [0.25, 0.3) is 5.56 Å². The van der Waals surface area contributed by atoms with Crippen molar-refractivity contribution in [1.82, 2.24) is 14.9 Å². The van der Waals surface area contributed by atoms with Gasteiger partial charge in [-0.15, -0.1) is 0 Å². The lowest BCUT2D eigenvalue weighted by atomic mass is 10.3. The highest BCUT2D eigenvalue weighted by Crippen LogP contribution is 1.99. The maximum atomic E-state index is 11.4. The minimum atomic E-state index is -0.159. The lowest BCUT2D eigenvalue weighted by Crippen LogP contribution is -2.25. The van der Waals surface area contributed by atoms with Gasteiger partial charge in [-0.05, 0) is 26.1 Å². The molecular formula is C13H24N4O2. The summed E-state index contributed by atoms with van der Waals surface area (Å²) in [6.45, 7) is 8.62. The van der Waals surface area contributed by atoms with Crippen LogP contribution in [0.1, 0.15) is 26.0 Å². The molecule has 6 heteroatoms. The fourth-order valence-corrected chi connectivity index (χ4v) is 1.86. The van der Waals surface area contributed by atoms with Gasteiger partial charge in [-0.1, -0.05) is 13.8 Å². The van der Waals surface area contributed by atoms with Crippen LogP contribution in [0.3, 0.4) is 0 Å². The zero-order chi connectivity index (χ0) is 14.1. The molecule has 0 saturated carbocycles. The number of nitrogens with zero attached hydrogens (tertiary/aromatic N) is 2. The Bertz CT molecular complexity index is 415. The number of methoxy groups -OCH3 is 1. The number of hydrogen-bond acceptors (Lipinski definition) is 5. The Kier molecular flexibility index (Phi) is 7.14. The Labute approximate surface area is 114 Å². The number of H-pyrrole nitrogens is 1. The number of rotatable bonds is 9. The zero-order valence-electron chi connectivity index (χ0n) is 12.0. The third kappa shape index (κ3) is 5.85. The van der Waals surface area contributed by atoms with E-state index in [0.29, 0.717) is 18.2 Å². The van der Waals surface area contributed by atoms with E-state index >= 15 is 0 Å². The van der Waals surface area contributed by atoms with Crippen LogP contribution in [0.2, 0.25) is 0 Å². The summed E-state index contributed by atoms with van der Waals surface area (Å²) >= 11 is 0. The molecule has 0 fully saturated rings. The third-order valence-corrected chi connectivity index (χ3v) is 2.92. The number of hydrogen-bond donors (Lipinski definition) is 2. The summed E-state index contributed by atoms with van der Waals surface area (Å²) in [7, 11) is 1.58. The summed E-state index contributed by atoms with van der Waals surface area (Å²) in [5.41, 5.74) is 0.478. The zero-order valence-corrected chi connectivity index (χ0v) is 12.0. The second-order valence-corrected chi connectivity index (χ2v) is 4.33. The van der Waals surface area contributed by atoms with Gasteiger partial charge in [0.05, 0.1) is 12.3 Å². The maximum absolute atomic E-state index is 11.4. The van der Waals surface area contributed by atoms with E-state index in [1.165, 1.54) is 6.07 Å². The summed E-state index contributed by atoms with van der Waals surface area (Å²) in [6.07, 6.45) is 1.01. The van der Waals surface area contributed by atoms with Gasteiger partial charge in [0.15, 0.2) is 0 Å². The Hall–Kier alpha value is -1.40. The molecule has 0 bridgehead atoms. The first-order valence-corrected chi connectivity index (χ1v) is 6.75. The highest BCUT2D eigenvalue weighted by molar-refractivity contribution is 5.24. The molecule has 6 nitrogen and oxygen atoms in total. The van der Waals surface area contributed by atoms with E-state index in [4.69, 9.17) is 4.74 Å². The summed E-state index contributed by atoms with van der Waals surface area (Å²) in [6, 6.07) is 1.45. The first kappa shape index (κ1) is 15.7. The van der Waals surface area contributed by atoms with Gasteiger partial charge >= 0.3 is 0 Å². The van der Waals surface area contributed by atoms with Crippen molar-refractivity contribution >= 4 is 5.95 Å². The van der Waals surface area contributed by atoms with Gasteiger partial charge < -0.3 is 15.0 Å². The van der Waals surface area contributed by atoms with Crippen LogP contribution < -0.4 is 10.9 Å². The van der Waals surface area contributed by atoms with E-state index in [1.807, 2.05) is 0 Å². The van der Waals surface area contributed by atoms with Crippen molar-refractivity contribution in [3.63, 3.8) is 0 Å². The predicted molar refractivity (Wildman–Crippen MR) is 76.5 cm³/mol. The van der Waals surface area contributed by atoms with Crippen LogP contribution in [0.25, 0.3) is 0 Å². The highest BCUT2D eigenvalue weighted by atomic mass is 16.5. The van der Waals surface area contributed by atoms with Gasteiger partial charge in [0, 0.05) is 19.7 Å². The molecule has 0 radical (unpaired) electrons. The van der Waals surface area contributed by atoms with E-state index in [0.717, 1.165) is 32.6 Å². The summed E-state index contributed by atoms with van der Waals surface area (Å²) in [5.74, 6) is 0.513. The van der Waals surface area contributed by atoms with Crippen molar-refractivity contribution in [3.05, 3.63) is 22.1 Å². The maximum Gasteiger partial charge on any atom is 0.252 e. The molecule has 0 aliphatic rings. The molecule has 1 rings (SSSR count). The third-order valence-electron chi connectivity index (χ3n) is 2.92. The molecule has 0 saturated heterocycles. The Morgan fingerprint density at radius 3 is 2.79 bits per heavy atom. The molecule has 0 atom stereocenters. The smallest absolute Gasteiger partial charge is 0.252 e. The Morgan fingerprint density at radius 2 is 2.16 bits per heavy atom. The average Bonchev–Trinajstić information content (AvgIpc) is 2.39. The summed E-state index contributed by atoms with van der Waals surface area (Å²) in [5, 5.41) is 3.14. The van der Waals surface area contributed by atoms with Crippen molar-refractivity contribution < 1.29 is 4.74 Å². The second-order valence-electron chi connectivity index (χ2n) is 4.33. The van der Waals surface area contributed by atoms with Crippen LogP contribution in [0.15, 0.2) is 10.9 Å². The molecular weight excluding hydrogens is 244 g/mol. The van der Waals surface area contributed by atoms with Crippen LogP contribution >= 0.6 is 0 Å². The average molecular weight is 268 g/mol. The molecule has 0 aliphatic carbocycles. The molecule has 108 valence electrons. The lowest BCUT2D eigenvalue weighted by Gasteiger charge is -2.17. The van der Waals surface area contributed by atoms with E-state index in [9.17, 15) is 4.79 Å². The molecule has 1 aromatic heterocycles. The van der Waals surface area contributed by atoms with Crippen molar-refractivity contribution in [2.24, 2.45) is 0 Å². The Morgan fingerprint density at radius 1 is 1.42 bits per heavy atom. The summed E-state index contributed by atoms with van der Waals surface area (Å²) in [4.78, 5) is 20.7. The largest absolute Gasteiger partial charge is 0.378 e. The van der Waals surface area contributed by atoms with E-state index < -0.39 is 0 Å². The standard InChI is InChI=1S/C13H24N4O2/c1-4-17(5-2)8-6-7-14-13-15-11(10-19-3)9-12(18)16-13/h9H,4-8,10H2,1-3H3,(H2,14,15,16,18). The number of ether oxygens (including phenoxy) is 1. The SMILES string of the molecule is CCN(CC)CCCNc1nc(COC)cc(=O)[nH]1. The minimum absolute atomic E-state index is 0.159. The lowest BCUT2D eigenvalue weighted by molar-refractivity contribution is 0.181. The van der Waals surface area contributed by atoms with E-state index in [-0.39, 0.29) is 5.56 Å². The Balaban J connectivity index is 2.42. The number of aromatic amines is 1. The van der Waals surface area contributed by atoms with Gasteiger partial charge in [-0.3, -0.25) is 9.78 Å². The predicted octanol–water partition coefficient (Wildman–Crippen LogP) is 1.06. The van der Waals surface area contributed by atoms with Crippen molar-refractivity contribution in [1.29, 1.82) is 0 Å². The second kappa shape index (κ2) is 8.66. The molecule has 0 amide bonds. The molecule has 1 aromatic rings. The molecule has 0 aliphatic heterocycles. The van der Waals surface area contributed by atoms with Crippen molar-refractivity contribution in [2.75, 3.05) is 38.6 Å². The van der Waals surface area contributed by atoms with Crippen LogP contribution in [-0.4, -0.2) is 48.2 Å². The van der Waals surface area contributed by atoms with Gasteiger partial charge in [0.2, 0.25) is 5.95 Å². The molecule has 19 heavy (non-hydrogen) atoms. The van der Waals surface area contributed by atoms with Crippen molar-refractivity contribution in [3.8, 4) is 0 Å². The van der Waals surface area contributed by atoms with Crippen LogP contribution in [0.5, 0.6) is 0 Å². The molecule has 2 N–H and O–H groups in total. The molecule has 0 spiro atoms. The van der Waals surface area contributed by atoms with Gasteiger partial charge in [-0.25, -0.2) is 4.98 Å². The van der Waals surface area contributed by atoms with Gasteiger partial charge in [-0.2, -0.15) is 0 Å². The van der Waals surface area contributed by atoms with Crippen LogP contribution in [-0.2, 0) is 11.3 Å². The quantitative estimate of drug-likeness (QED) is 0.655. The van der Waals surface area contributed by atoms with Crippen LogP contribution in [0.4, 0.5) is 5.95 Å². The fraction of sp³-hybridized carbons (Fsp3) is 0.692. The highest BCUT2D eigenvalue weighted by Gasteiger charge is 2.02. The fourth-order valence-electron chi connectivity index (χ4n) is 1.86. The number of aromatic nitrogens is 2. The molecule has 0 unspecified atom stereocenters. The summed E-state index contributed by atoms with van der Waals surface area (Å²) < 4.78 is 4.97. The van der Waals surface area contributed by atoms with Gasteiger partial charge in [0.1, 0.15) is 0 Å². The van der Waals surface area contributed by atoms with Crippen LogP contribution in [0, 0.1) is 0 Å². The number of nitrogens with one attached hydrogen (secondary N) is 2. The first-order chi connectivity index (χ1) is 9.19. The molecule has 1 heterocycles. The van der Waals surface area contributed by atoms with E-state index in [2.05, 4.69) is 34.0 Å².